The van der Waals surface area contributed by atoms with Gasteiger partial charge in [-0.15, -0.1) is 0 Å². The van der Waals surface area contributed by atoms with Gasteiger partial charge in [-0.05, 0) is 17.7 Å². The van der Waals surface area contributed by atoms with Gasteiger partial charge < -0.3 is 0 Å². The molecule has 0 aliphatic carbocycles. The zero-order valence-electron chi connectivity index (χ0n) is 12.6. The van der Waals surface area contributed by atoms with Crippen LogP contribution in [-0.4, -0.2) is 5.75 Å². The fourth-order valence-electron chi connectivity index (χ4n) is 2.28. The lowest BCUT2D eigenvalue weighted by atomic mass is 10.1. The quantitative estimate of drug-likeness (QED) is 0.396. The van der Waals surface area contributed by atoms with Crippen molar-refractivity contribution in [2.24, 2.45) is 0 Å². The molecule has 0 nitrogen and oxygen atoms in total. The van der Waals surface area contributed by atoms with Crippen molar-refractivity contribution in [1.82, 2.24) is 0 Å². The van der Waals surface area contributed by atoms with Crippen LogP contribution in [0.2, 0.25) is 0 Å². The molecule has 0 fully saturated rings. The Hall–Kier alpha value is -0.430. The first kappa shape index (κ1) is 16.6. The van der Waals surface area contributed by atoms with E-state index in [1.165, 1.54) is 74.9 Å². The van der Waals surface area contributed by atoms with E-state index in [2.05, 4.69) is 49.0 Å². The highest BCUT2D eigenvalue weighted by molar-refractivity contribution is 7.98. The summed E-state index contributed by atoms with van der Waals surface area (Å²) in [6.07, 6.45) is 12.9. The summed E-state index contributed by atoms with van der Waals surface area (Å²) in [4.78, 5) is 0. The third kappa shape index (κ3) is 10.1. The fourth-order valence-corrected chi connectivity index (χ4v) is 3.26. The Morgan fingerprint density at radius 1 is 0.737 bits per heavy atom. The number of benzene rings is 1. The Labute approximate surface area is 124 Å². The average molecular weight is 279 g/mol. The number of rotatable bonds is 12. The molecular formula is C18H30S. The van der Waals surface area contributed by atoms with Crippen molar-refractivity contribution in [1.29, 1.82) is 0 Å². The summed E-state index contributed by atoms with van der Waals surface area (Å²) >= 11 is 2.08. The minimum atomic E-state index is 1.18. The zero-order chi connectivity index (χ0) is 13.6. The van der Waals surface area contributed by atoms with Crippen molar-refractivity contribution in [3.8, 4) is 0 Å². The molecule has 0 aliphatic heterocycles. The van der Waals surface area contributed by atoms with Crippen LogP contribution in [0.5, 0.6) is 0 Å². The molecule has 0 heterocycles. The number of unbranched alkanes of at least 4 members (excludes halogenated alkanes) is 8. The summed E-state index contributed by atoms with van der Waals surface area (Å²) in [5, 5.41) is 0. The molecule has 0 spiro atoms. The molecule has 1 aromatic rings. The maximum Gasteiger partial charge on any atom is 0.0184 e. The Morgan fingerprint density at radius 3 is 1.95 bits per heavy atom. The molecule has 108 valence electrons. The second-order valence-corrected chi connectivity index (χ2v) is 6.47. The van der Waals surface area contributed by atoms with Gasteiger partial charge in [-0.25, -0.2) is 0 Å². The third-order valence-corrected chi connectivity index (χ3v) is 4.62. The van der Waals surface area contributed by atoms with Gasteiger partial charge in [-0.2, -0.15) is 11.8 Å². The van der Waals surface area contributed by atoms with E-state index in [0.717, 1.165) is 0 Å². The zero-order valence-corrected chi connectivity index (χ0v) is 13.4. The first-order valence-electron chi connectivity index (χ1n) is 8.05. The van der Waals surface area contributed by atoms with Gasteiger partial charge in [0.1, 0.15) is 0 Å². The molecule has 0 radical (unpaired) electrons. The Morgan fingerprint density at radius 2 is 1.32 bits per heavy atom. The number of hydrogen-bond acceptors (Lipinski definition) is 1. The van der Waals surface area contributed by atoms with E-state index in [1.807, 2.05) is 0 Å². The van der Waals surface area contributed by atoms with E-state index in [-0.39, 0.29) is 0 Å². The van der Waals surface area contributed by atoms with Crippen LogP contribution in [0.15, 0.2) is 30.3 Å². The Balaban J connectivity index is 1.79. The SMILES string of the molecule is CCCCCCCCCCCSCc1ccccc1. The predicted molar refractivity (Wildman–Crippen MR) is 89.8 cm³/mol. The van der Waals surface area contributed by atoms with Gasteiger partial charge in [0, 0.05) is 5.75 Å². The van der Waals surface area contributed by atoms with Crippen molar-refractivity contribution in [2.45, 2.75) is 70.5 Å². The first-order chi connectivity index (χ1) is 9.43. The minimum absolute atomic E-state index is 1.18. The second kappa shape index (κ2) is 12.6. The van der Waals surface area contributed by atoms with Gasteiger partial charge in [-0.1, -0.05) is 88.6 Å². The summed E-state index contributed by atoms with van der Waals surface area (Å²) in [5.41, 5.74) is 1.46. The highest BCUT2D eigenvalue weighted by atomic mass is 32.2. The van der Waals surface area contributed by atoms with E-state index in [0.29, 0.717) is 0 Å². The van der Waals surface area contributed by atoms with Crippen molar-refractivity contribution in [3.05, 3.63) is 35.9 Å². The lowest BCUT2D eigenvalue weighted by Gasteiger charge is -2.03. The standard InChI is InChI=1S/C18H30S/c1-2-3-4-5-6-7-8-9-13-16-19-17-18-14-11-10-12-15-18/h10-12,14-15H,2-9,13,16-17H2,1H3. The van der Waals surface area contributed by atoms with Gasteiger partial charge in [0.15, 0.2) is 0 Å². The number of thioether (sulfide) groups is 1. The maximum atomic E-state index is 2.28. The smallest absolute Gasteiger partial charge is 0.0184 e. The van der Waals surface area contributed by atoms with Crippen LogP contribution in [0.4, 0.5) is 0 Å². The molecule has 0 saturated heterocycles. The van der Waals surface area contributed by atoms with Crippen molar-refractivity contribution >= 4 is 11.8 Å². The first-order valence-corrected chi connectivity index (χ1v) is 9.20. The molecule has 0 saturated carbocycles. The molecule has 0 N–H and O–H groups in total. The van der Waals surface area contributed by atoms with Crippen molar-refractivity contribution in [3.63, 3.8) is 0 Å². The Bertz CT molecular complexity index is 281. The van der Waals surface area contributed by atoms with E-state index >= 15 is 0 Å². The van der Waals surface area contributed by atoms with Crippen LogP contribution in [0.25, 0.3) is 0 Å². The van der Waals surface area contributed by atoms with Gasteiger partial charge in [-0.3, -0.25) is 0 Å². The molecule has 19 heavy (non-hydrogen) atoms. The molecular weight excluding hydrogens is 248 g/mol. The lowest BCUT2D eigenvalue weighted by Crippen LogP contribution is -1.85. The highest BCUT2D eigenvalue weighted by Crippen LogP contribution is 2.15. The molecule has 0 unspecified atom stereocenters. The summed E-state index contributed by atoms with van der Waals surface area (Å²) in [7, 11) is 0. The van der Waals surface area contributed by atoms with E-state index < -0.39 is 0 Å². The molecule has 0 atom stereocenters. The van der Waals surface area contributed by atoms with Crippen LogP contribution in [0.1, 0.15) is 70.3 Å². The van der Waals surface area contributed by atoms with Crippen molar-refractivity contribution < 1.29 is 0 Å². The monoisotopic (exact) mass is 278 g/mol. The van der Waals surface area contributed by atoms with Gasteiger partial charge >= 0.3 is 0 Å². The average Bonchev–Trinajstić information content (AvgIpc) is 2.46. The van der Waals surface area contributed by atoms with Gasteiger partial charge in [0.2, 0.25) is 0 Å². The molecule has 1 rings (SSSR count). The molecule has 0 bridgehead atoms. The maximum absolute atomic E-state index is 2.28. The molecule has 1 aromatic carbocycles. The van der Waals surface area contributed by atoms with Gasteiger partial charge in [0.25, 0.3) is 0 Å². The van der Waals surface area contributed by atoms with Crippen molar-refractivity contribution in [2.75, 3.05) is 5.75 Å². The normalized spacial score (nSPS) is 10.8. The fraction of sp³-hybridized carbons (Fsp3) is 0.667. The van der Waals surface area contributed by atoms with Crippen LogP contribution in [0.3, 0.4) is 0 Å². The van der Waals surface area contributed by atoms with E-state index in [9.17, 15) is 0 Å². The van der Waals surface area contributed by atoms with Crippen LogP contribution < -0.4 is 0 Å². The summed E-state index contributed by atoms with van der Waals surface area (Å²) in [6.45, 7) is 2.28. The summed E-state index contributed by atoms with van der Waals surface area (Å²) in [5.74, 6) is 2.50. The molecule has 0 aromatic heterocycles. The molecule has 0 amide bonds. The molecule has 0 aliphatic rings. The molecule has 1 heteroatoms. The topological polar surface area (TPSA) is 0 Å². The lowest BCUT2D eigenvalue weighted by molar-refractivity contribution is 0.573. The summed E-state index contributed by atoms with van der Waals surface area (Å²) < 4.78 is 0. The highest BCUT2D eigenvalue weighted by Gasteiger charge is 1.94. The second-order valence-electron chi connectivity index (χ2n) is 5.37. The summed E-state index contributed by atoms with van der Waals surface area (Å²) in [6, 6.07) is 10.8. The van der Waals surface area contributed by atoms with Crippen LogP contribution in [0, 0.1) is 0 Å². The van der Waals surface area contributed by atoms with Gasteiger partial charge in [0.05, 0.1) is 0 Å². The van der Waals surface area contributed by atoms with E-state index in [1.54, 1.807) is 0 Å². The number of hydrogen-bond donors (Lipinski definition) is 0. The van der Waals surface area contributed by atoms with E-state index in [4.69, 9.17) is 0 Å². The largest absolute Gasteiger partial charge is 0.157 e. The predicted octanol–water partition coefficient (Wildman–Crippen LogP) is 6.45. The minimum Gasteiger partial charge on any atom is -0.157 e. The van der Waals surface area contributed by atoms with Crippen LogP contribution >= 0.6 is 11.8 Å². The van der Waals surface area contributed by atoms with Crippen LogP contribution in [-0.2, 0) is 5.75 Å². The third-order valence-electron chi connectivity index (χ3n) is 3.50. The Kier molecular flexibility index (Phi) is 11.0.